The molecule has 0 saturated heterocycles. The van der Waals surface area contributed by atoms with Crippen molar-refractivity contribution in [2.45, 2.75) is 0 Å². The van der Waals surface area contributed by atoms with Crippen LogP contribution in [0, 0.1) is 30.6 Å². The van der Waals surface area contributed by atoms with Gasteiger partial charge in [0, 0.05) is 0 Å². The van der Waals surface area contributed by atoms with Gasteiger partial charge in [0.2, 0.25) is 0 Å². The molecule has 0 aromatic carbocycles. The van der Waals surface area contributed by atoms with Crippen LogP contribution in [-0.4, -0.2) is 15.6 Å². The summed E-state index contributed by atoms with van der Waals surface area (Å²) in [6, 6.07) is 0. The summed E-state index contributed by atoms with van der Waals surface area (Å²) in [6.07, 6.45) is 0. The van der Waals surface area contributed by atoms with Gasteiger partial charge in [-0.15, -0.1) is 0 Å². The molecule has 64 valence electrons. The van der Waals surface area contributed by atoms with E-state index in [4.69, 9.17) is 30.6 Å². The summed E-state index contributed by atoms with van der Waals surface area (Å²) in [7, 11) is 0. The Kier molecular flexibility index (Phi) is 66.4. The summed E-state index contributed by atoms with van der Waals surface area (Å²) >= 11 is 0. The van der Waals surface area contributed by atoms with Crippen molar-refractivity contribution in [3.8, 4) is 0 Å². The number of nitrogens with zero attached hydrogens (tertiary/aromatic N) is 2. The molecule has 0 atom stereocenters. The van der Waals surface area contributed by atoms with Gasteiger partial charge in [0.1, 0.15) is 0 Å². The maximum atomic E-state index is 8.25. The van der Waals surface area contributed by atoms with E-state index in [1.165, 1.54) is 0 Å². The Balaban J connectivity index is -0.0000000171. The van der Waals surface area contributed by atoms with Gasteiger partial charge < -0.3 is 41.6 Å². The van der Waals surface area contributed by atoms with E-state index in [9.17, 15) is 0 Å². The molecule has 0 aromatic heterocycles. The Morgan fingerprint density at radius 2 is 0.818 bits per heavy atom. The second-order valence-electron chi connectivity index (χ2n) is 0.447. The molecule has 0 bridgehead atoms. The first-order chi connectivity index (χ1) is 3.46. The molecule has 0 aliphatic heterocycles. The maximum absolute atomic E-state index is 8.25. The van der Waals surface area contributed by atoms with Gasteiger partial charge in [-0.05, 0) is 0 Å². The van der Waals surface area contributed by atoms with Crippen molar-refractivity contribution < 1.29 is 47.3 Å². The minimum atomic E-state index is -1.75. The van der Waals surface area contributed by atoms with Gasteiger partial charge in [0.05, 0.1) is 10.2 Å². The first-order valence-corrected chi connectivity index (χ1v) is 1.10. The minimum Gasteiger partial charge on any atom is -2.00 e. The van der Waals surface area contributed by atoms with Crippen molar-refractivity contribution in [3.63, 3.8) is 0 Å². The Hall–Kier alpha value is -0.797. The van der Waals surface area contributed by atoms with Crippen LogP contribution in [0.5, 0.6) is 0 Å². The molecule has 0 heterocycles. The smallest absolute Gasteiger partial charge is 2.00 e. The summed E-state index contributed by atoms with van der Waals surface area (Å²) in [5, 5.41) is 29.5. The normalized spacial score (nSPS) is 4.36. The van der Waals surface area contributed by atoms with Crippen molar-refractivity contribution in [1.29, 1.82) is 0 Å². The molecule has 0 unspecified atom stereocenters. The Labute approximate surface area is 78.4 Å². The molecule has 0 aromatic rings. The molecule has 0 saturated carbocycles. The largest absolute Gasteiger partial charge is 4.00 e. The Bertz CT molecular complexity index is 70.1. The van der Waals surface area contributed by atoms with Gasteiger partial charge in [0.25, 0.3) is 0 Å². The van der Waals surface area contributed by atoms with Crippen LogP contribution in [0.15, 0.2) is 0 Å². The predicted octanol–water partition coefficient (Wildman–Crippen LogP) is -1.42. The SMILES string of the molecule is O.O=[N+]([O-])[O-].O=[N+]([O-])[O-].[O-2].[Zr+4]. The number of rotatable bonds is 0. The van der Waals surface area contributed by atoms with Crippen LogP contribution in [0.25, 0.3) is 0 Å². The van der Waals surface area contributed by atoms with E-state index in [0.717, 1.165) is 0 Å². The van der Waals surface area contributed by atoms with E-state index >= 15 is 0 Å². The van der Waals surface area contributed by atoms with E-state index in [-0.39, 0.29) is 37.2 Å². The van der Waals surface area contributed by atoms with Crippen LogP contribution >= 0.6 is 0 Å². The Morgan fingerprint density at radius 1 is 0.818 bits per heavy atom. The first-order valence-electron chi connectivity index (χ1n) is 1.10. The van der Waals surface area contributed by atoms with Gasteiger partial charge in [-0.2, -0.15) is 0 Å². The fraction of sp³-hybridized carbons (Fsp3) is 0. The molecule has 11 heteroatoms. The average Bonchev–Trinajstić information content (AvgIpc) is 1.25. The van der Waals surface area contributed by atoms with Crippen LogP contribution in [-0.2, 0) is 31.7 Å². The fourth-order valence-electron chi connectivity index (χ4n) is 0. The molecule has 0 radical (unpaired) electrons. The zero-order valence-electron chi connectivity index (χ0n) is 4.75. The van der Waals surface area contributed by atoms with Gasteiger partial charge in [-0.1, -0.05) is 0 Å². The molecular formula is H2N2O8Zr. The van der Waals surface area contributed by atoms with Crippen LogP contribution < -0.4 is 0 Å². The van der Waals surface area contributed by atoms with E-state index in [2.05, 4.69) is 0 Å². The molecule has 0 fully saturated rings. The zero-order valence-corrected chi connectivity index (χ0v) is 7.21. The van der Waals surface area contributed by atoms with Crippen molar-refractivity contribution in [2.24, 2.45) is 0 Å². The minimum absolute atomic E-state index is 0. The Morgan fingerprint density at radius 3 is 0.818 bits per heavy atom. The average molecular weight is 249 g/mol. The molecule has 0 rings (SSSR count). The molecule has 0 amide bonds. The molecule has 0 aliphatic carbocycles. The summed E-state index contributed by atoms with van der Waals surface area (Å²) in [4.78, 5) is 16.5. The van der Waals surface area contributed by atoms with Gasteiger partial charge in [-0.25, -0.2) is 0 Å². The van der Waals surface area contributed by atoms with Gasteiger partial charge in [0.15, 0.2) is 0 Å². The summed E-state index contributed by atoms with van der Waals surface area (Å²) in [6.45, 7) is 0. The monoisotopic (exact) mass is 248 g/mol. The van der Waals surface area contributed by atoms with E-state index in [0.29, 0.717) is 0 Å². The van der Waals surface area contributed by atoms with Crippen molar-refractivity contribution in [1.82, 2.24) is 0 Å². The van der Waals surface area contributed by atoms with Gasteiger partial charge >= 0.3 is 26.2 Å². The summed E-state index contributed by atoms with van der Waals surface area (Å²) in [5.74, 6) is 0. The molecule has 11 heavy (non-hydrogen) atoms. The van der Waals surface area contributed by atoms with Crippen LogP contribution in [0.4, 0.5) is 0 Å². The van der Waals surface area contributed by atoms with Crippen molar-refractivity contribution >= 4 is 0 Å². The predicted molar refractivity (Wildman–Crippen MR) is 25.0 cm³/mol. The second kappa shape index (κ2) is 22.9. The summed E-state index contributed by atoms with van der Waals surface area (Å²) < 4.78 is 0. The summed E-state index contributed by atoms with van der Waals surface area (Å²) in [5.41, 5.74) is 0. The molecule has 2 N–H and O–H groups in total. The topological polar surface area (TPSA) is 192 Å². The van der Waals surface area contributed by atoms with E-state index < -0.39 is 10.2 Å². The number of hydrogen-bond acceptors (Lipinski definition) is 6. The third-order valence-corrected chi connectivity index (χ3v) is 0. The van der Waals surface area contributed by atoms with Crippen molar-refractivity contribution in [2.75, 3.05) is 0 Å². The van der Waals surface area contributed by atoms with Crippen LogP contribution in [0.1, 0.15) is 0 Å². The number of hydrogen-bond donors (Lipinski definition) is 0. The third kappa shape index (κ3) is 752. The van der Waals surface area contributed by atoms with E-state index in [1.54, 1.807) is 0 Å². The maximum Gasteiger partial charge on any atom is 4.00 e. The fourth-order valence-corrected chi connectivity index (χ4v) is 0. The first kappa shape index (κ1) is 31.9. The zero-order chi connectivity index (χ0) is 7.15. The van der Waals surface area contributed by atoms with Crippen molar-refractivity contribution in [3.05, 3.63) is 30.6 Å². The van der Waals surface area contributed by atoms with Crippen LogP contribution in [0.2, 0.25) is 0 Å². The van der Waals surface area contributed by atoms with Gasteiger partial charge in [-0.3, -0.25) is 0 Å². The quantitative estimate of drug-likeness (QED) is 0.373. The molecule has 10 nitrogen and oxygen atoms in total. The van der Waals surface area contributed by atoms with E-state index in [1.807, 2.05) is 0 Å². The van der Waals surface area contributed by atoms with Crippen LogP contribution in [0.3, 0.4) is 0 Å². The molecular weight excluding hydrogens is 247 g/mol. The third-order valence-electron chi connectivity index (χ3n) is 0. The standard InChI is InChI=1S/2NO3.H2O.O.Zr/c2*2-1(3)4;;;/h;;1H2;;/q2*-1;;-2;+4. The second-order valence-corrected chi connectivity index (χ2v) is 0.447. The molecule has 0 aliphatic rings. The molecule has 0 spiro atoms.